The summed E-state index contributed by atoms with van der Waals surface area (Å²) in [5, 5.41) is 13.4. The number of carbonyl (C=O) groups is 1. The smallest absolute Gasteiger partial charge is 0.234 e. The lowest BCUT2D eigenvalue weighted by Gasteiger charge is -2.16. The zero-order valence-corrected chi connectivity index (χ0v) is 20.5. The molecule has 32 heavy (non-hydrogen) atoms. The number of carbonyl (C=O) groups excluding carboxylic acids is 1. The predicted molar refractivity (Wildman–Crippen MR) is 131 cm³/mol. The molecule has 6 nitrogen and oxygen atoms in total. The van der Waals surface area contributed by atoms with E-state index in [1.165, 1.54) is 11.8 Å². The Morgan fingerprint density at radius 1 is 1.22 bits per heavy atom. The second kappa shape index (κ2) is 11.1. The number of nitrogens with zero attached hydrogens (tertiary/aromatic N) is 3. The molecule has 1 atom stereocenters. The van der Waals surface area contributed by atoms with Crippen LogP contribution in [0.2, 0.25) is 15.1 Å². The van der Waals surface area contributed by atoms with Gasteiger partial charge in [0.15, 0.2) is 17.1 Å². The minimum atomic E-state index is -0.376. The van der Waals surface area contributed by atoms with Gasteiger partial charge in [-0.05, 0) is 55.8 Å². The maximum Gasteiger partial charge on any atom is 0.234 e. The summed E-state index contributed by atoms with van der Waals surface area (Å²) in [6, 6.07) is 10.4. The Morgan fingerprint density at radius 3 is 2.69 bits per heavy atom. The van der Waals surface area contributed by atoms with E-state index in [1.54, 1.807) is 30.3 Å². The first-order chi connectivity index (χ1) is 15.3. The zero-order chi connectivity index (χ0) is 23.3. The van der Waals surface area contributed by atoms with E-state index in [9.17, 15) is 4.79 Å². The standard InChI is InChI=1S/C22H21Cl3N4O2S/c1-4-9-29-21(14(3)31-16-6-7-17(24)13(2)10-16)27-28-22(29)32-12-20(30)26-19-8-5-15(23)11-18(19)25/h4-8,10-11,14H,1,9,12H2,2-3H3,(H,26,30). The van der Waals surface area contributed by atoms with Crippen molar-refractivity contribution < 1.29 is 9.53 Å². The fraction of sp³-hybridized carbons (Fsp3) is 0.227. The highest BCUT2D eigenvalue weighted by Gasteiger charge is 2.20. The van der Waals surface area contributed by atoms with Gasteiger partial charge in [-0.15, -0.1) is 16.8 Å². The molecule has 1 aromatic heterocycles. The van der Waals surface area contributed by atoms with Gasteiger partial charge in [0.1, 0.15) is 5.75 Å². The lowest BCUT2D eigenvalue weighted by molar-refractivity contribution is -0.113. The molecular formula is C22H21Cl3N4O2S. The van der Waals surface area contributed by atoms with Crippen LogP contribution in [0.5, 0.6) is 5.75 Å². The molecule has 0 spiro atoms. The molecule has 2 aromatic carbocycles. The molecular weight excluding hydrogens is 491 g/mol. The number of rotatable bonds is 9. The minimum absolute atomic E-state index is 0.125. The molecule has 0 aliphatic heterocycles. The van der Waals surface area contributed by atoms with Crippen molar-refractivity contribution in [2.24, 2.45) is 0 Å². The van der Waals surface area contributed by atoms with Crippen molar-refractivity contribution >= 4 is 58.2 Å². The number of aryl methyl sites for hydroxylation is 1. The van der Waals surface area contributed by atoms with E-state index in [0.29, 0.717) is 44.0 Å². The van der Waals surface area contributed by atoms with Crippen LogP contribution in [-0.4, -0.2) is 26.4 Å². The van der Waals surface area contributed by atoms with Crippen LogP contribution in [0.15, 0.2) is 54.2 Å². The summed E-state index contributed by atoms with van der Waals surface area (Å²) in [6.45, 7) is 8.08. The summed E-state index contributed by atoms with van der Waals surface area (Å²) in [7, 11) is 0. The molecule has 0 aliphatic rings. The minimum Gasteiger partial charge on any atom is -0.483 e. The van der Waals surface area contributed by atoms with Crippen LogP contribution in [0.1, 0.15) is 24.4 Å². The first-order valence-corrected chi connectivity index (χ1v) is 11.7. The van der Waals surface area contributed by atoms with Gasteiger partial charge < -0.3 is 10.1 Å². The molecule has 3 aromatic rings. The summed E-state index contributed by atoms with van der Waals surface area (Å²) >= 11 is 19.4. The Kier molecular flexibility index (Phi) is 8.48. The van der Waals surface area contributed by atoms with Gasteiger partial charge in [0.25, 0.3) is 0 Å². The molecule has 10 heteroatoms. The molecule has 0 radical (unpaired) electrons. The summed E-state index contributed by atoms with van der Waals surface area (Å²) < 4.78 is 7.90. The molecule has 1 unspecified atom stereocenters. The molecule has 3 rings (SSSR count). The fourth-order valence-electron chi connectivity index (χ4n) is 2.86. The van der Waals surface area contributed by atoms with E-state index in [1.807, 2.05) is 30.5 Å². The number of hydrogen-bond donors (Lipinski definition) is 1. The van der Waals surface area contributed by atoms with Crippen LogP contribution in [0.3, 0.4) is 0 Å². The van der Waals surface area contributed by atoms with Gasteiger partial charge in [0.2, 0.25) is 5.91 Å². The quantitative estimate of drug-likeness (QED) is 0.259. The van der Waals surface area contributed by atoms with Gasteiger partial charge in [0.05, 0.1) is 16.5 Å². The molecule has 1 heterocycles. The maximum absolute atomic E-state index is 12.4. The van der Waals surface area contributed by atoms with Crippen LogP contribution < -0.4 is 10.1 Å². The van der Waals surface area contributed by atoms with Crippen molar-refractivity contribution in [2.75, 3.05) is 11.1 Å². The van der Waals surface area contributed by atoms with Crippen molar-refractivity contribution in [3.05, 3.63) is 75.5 Å². The van der Waals surface area contributed by atoms with Crippen LogP contribution in [-0.2, 0) is 11.3 Å². The van der Waals surface area contributed by atoms with Crippen LogP contribution in [0, 0.1) is 6.92 Å². The first kappa shape index (κ1) is 24.5. The van der Waals surface area contributed by atoms with E-state index in [0.717, 1.165) is 5.56 Å². The fourth-order valence-corrected chi connectivity index (χ4v) is 4.19. The van der Waals surface area contributed by atoms with Gasteiger partial charge in [-0.3, -0.25) is 9.36 Å². The third-order valence-corrected chi connectivity index (χ3v) is 6.34. The Hall–Kier alpha value is -2.19. The van der Waals surface area contributed by atoms with Crippen molar-refractivity contribution in [3.63, 3.8) is 0 Å². The molecule has 0 fully saturated rings. The van der Waals surface area contributed by atoms with Gasteiger partial charge in [-0.25, -0.2) is 0 Å². The Balaban J connectivity index is 1.68. The average molecular weight is 512 g/mol. The Bertz CT molecular complexity index is 1140. The number of nitrogens with one attached hydrogen (secondary N) is 1. The van der Waals surface area contributed by atoms with E-state index >= 15 is 0 Å². The van der Waals surface area contributed by atoms with Crippen molar-refractivity contribution in [2.45, 2.75) is 31.7 Å². The number of halogens is 3. The number of aromatic nitrogens is 3. The van der Waals surface area contributed by atoms with E-state index in [-0.39, 0.29) is 17.8 Å². The number of allylic oxidation sites excluding steroid dienone is 1. The van der Waals surface area contributed by atoms with Crippen LogP contribution in [0.25, 0.3) is 0 Å². The number of hydrogen-bond acceptors (Lipinski definition) is 5. The summed E-state index contributed by atoms with van der Waals surface area (Å²) in [5.74, 6) is 1.21. The van der Waals surface area contributed by atoms with E-state index in [2.05, 4.69) is 22.1 Å². The second-order valence-electron chi connectivity index (χ2n) is 6.87. The number of amides is 1. The van der Waals surface area contributed by atoms with E-state index < -0.39 is 0 Å². The molecule has 0 saturated heterocycles. The average Bonchev–Trinajstić information content (AvgIpc) is 3.14. The highest BCUT2D eigenvalue weighted by Crippen LogP contribution is 2.28. The number of anilines is 1. The maximum atomic E-state index is 12.4. The van der Waals surface area contributed by atoms with Gasteiger partial charge in [-0.2, -0.15) is 0 Å². The second-order valence-corrected chi connectivity index (χ2v) is 9.07. The Labute approximate surface area is 205 Å². The predicted octanol–water partition coefficient (Wildman–Crippen LogP) is 6.60. The largest absolute Gasteiger partial charge is 0.483 e. The highest BCUT2D eigenvalue weighted by molar-refractivity contribution is 7.99. The van der Waals surface area contributed by atoms with Crippen molar-refractivity contribution in [1.82, 2.24) is 14.8 Å². The lowest BCUT2D eigenvalue weighted by atomic mass is 10.2. The van der Waals surface area contributed by atoms with Crippen molar-refractivity contribution in [3.8, 4) is 5.75 Å². The topological polar surface area (TPSA) is 69.0 Å². The molecule has 0 bridgehead atoms. The third kappa shape index (κ3) is 6.19. The number of ether oxygens (including phenoxy) is 1. The summed E-state index contributed by atoms with van der Waals surface area (Å²) in [4.78, 5) is 12.4. The van der Waals surface area contributed by atoms with Gasteiger partial charge in [0, 0.05) is 16.6 Å². The molecule has 1 N–H and O–H groups in total. The van der Waals surface area contributed by atoms with Crippen molar-refractivity contribution in [1.29, 1.82) is 0 Å². The summed E-state index contributed by atoms with van der Waals surface area (Å²) in [6.07, 6.45) is 1.36. The Morgan fingerprint density at radius 2 is 2.00 bits per heavy atom. The van der Waals surface area contributed by atoms with Crippen LogP contribution in [0.4, 0.5) is 5.69 Å². The van der Waals surface area contributed by atoms with Crippen LogP contribution >= 0.6 is 46.6 Å². The SMILES string of the molecule is C=CCn1c(SCC(=O)Nc2ccc(Cl)cc2Cl)nnc1C(C)Oc1ccc(Cl)c(C)c1. The van der Waals surface area contributed by atoms with Gasteiger partial charge in [-0.1, -0.05) is 52.6 Å². The lowest BCUT2D eigenvalue weighted by Crippen LogP contribution is -2.15. The van der Waals surface area contributed by atoms with E-state index in [4.69, 9.17) is 39.5 Å². The molecule has 168 valence electrons. The molecule has 0 saturated carbocycles. The highest BCUT2D eigenvalue weighted by atomic mass is 35.5. The number of thioether (sulfide) groups is 1. The monoisotopic (exact) mass is 510 g/mol. The normalized spacial score (nSPS) is 11.8. The number of benzene rings is 2. The molecule has 1 amide bonds. The first-order valence-electron chi connectivity index (χ1n) is 9.63. The zero-order valence-electron chi connectivity index (χ0n) is 17.4. The third-order valence-electron chi connectivity index (χ3n) is 4.40. The van der Waals surface area contributed by atoms with Gasteiger partial charge >= 0.3 is 0 Å². The molecule has 0 aliphatic carbocycles. The summed E-state index contributed by atoms with van der Waals surface area (Å²) in [5.41, 5.74) is 1.42.